The first-order valence-electron chi connectivity index (χ1n) is 11.1. The number of hydrogen-bond acceptors (Lipinski definition) is 5. The molecule has 0 spiro atoms. The van der Waals surface area contributed by atoms with Gasteiger partial charge in [-0.15, -0.1) is 11.8 Å². The zero-order valence-corrected chi connectivity index (χ0v) is 21.1. The van der Waals surface area contributed by atoms with Gasteiger partial charge in [0.15, 0.2) is 0 Å². The molecule has 0 aliphatic rings. The van der Waals surface area contributed by atoms with Crippen molar-refractivity contribution in [1.29, 1.82) is 0 Å². The SMILES string of the molecule is CC(=O)Nc1ccc(NC(=O)C/C(N)=C/SCc2cnn(C(C)(C)C)c2-c2ccc(F)cc2)cc1. The smallest absolute Gasteiger partial charge is 0.230 e. The Morgan fingerprint density at radius 1 is 1.06 bits per heavy atom. The van der Waals surface area contributed by atoms with Crippen LogP contribution in [0.5, 0.6) is 0 Å². The van der Waals surface area contributed by atoms with Gasteiger partial charge in [0.2, 0.25) is 11.8 Å². The van der Waals surface area contributed by atoms with Gasteiger partial charge >= 0.3 is 0 Å². The number of carbonyl (C=O) groups is 2. The fourth-order valence-corrected chi connectivity index (χ4v) is 4.19. The number of halogens is 1. The van der Waals surface area contributed by atoms with Crippen molar-refractivity contribution in [2.24, 2.45) is 5.73 Å². The molecule has 35 heavy (non-hydrogen) atoms. The highest BCUT2D eigenvalue weighted by Gasteiger charge is 2.22. The van der Waals surface area contributed by atoms with Gasteiger partial charge in [0.25, 0.3) is 0 Å². The lowest BCUT2D eigenvalue weighted by Gasteiger charge is -2.23. The van der Waals surface area contributed by atoms with Gasteiger partial charge in [-0.1, -0.05) is 0 Å². The van der Waals surface area contributed by atoms with E-state index >= 15 is 0 Å². The normalized spacial score (nSPS) is 11.9. The van der Waals surface area contributed by atoms with Crippen LogP contribution in [0.3, 0.4) is 0 Å². The Morgan fingerprint density at radius 2 is 1.66 bits per heavy atom. The summed E-state index contributed by atoms with van der Waals surface area (Å²) < 4.78 is 15.4. The fourth-order valence-electron chi connectivity index (χ4n) is 3.42. The number of aromatic nitrogens is 2. The summed E-state index contributed by atoms with van der Waals surface area (Å²) in [6.45, 7) is 7.62. The quantitative estimate of drug-likeness (QED) is 0.385. The van der Waals surface area contributed by atoms with Crippen LogP contribution in [0.15, 0.2) is 65.8 Å². The molecule has 0 aliphatic carbocycles. The van der Waals surface area contributed by atoms with Gasteiger partial charge < -0.3 is 16.4 Å². The lowest BCUT2D eigenvalue weighted by atomic mass is 10.0. The van der Waals surface area contributed by atoms with Gasteiger partial charge in [0.05, 0.1) is 23.9 Å². The molecule has 1 aromatic heterocycles. The van der Waals surface area contributed by atoms with Crippen LogP contribution in [0.25, 0.3) is 11.3 Å². The van der Waals surface area contributed by atoms with Gasteiger partial charge in [-0.05, 0) is 74.7 Å². The molecule has 3 rings (SSSR count). The third-order valence-electron chi connectivity index (χ3n) is 4.93. The topological polar surface area (TPSA) is 102 Å². The minimum atomic E-state index is -0.288. The number of anilines is 2. The Balaban J connectivity index is 1.62. The standard InChI is InChI=1S/C26H30FN5O2S/c1-17(33)30-22-9-11-23(12-10-22)31-24(34)13-21(28)16-35-15-19-14-29-32(26(2,3)4)25(19)18-5-7-20(27)8-6-18/h5-12,14,16H,13,15,28H2,1-4H3,(H,30,33)(H,31,34)/b21-16-. The van der Waals surface area contributed by atoms with E-state index < -0.39 is 0 Å². The predicted octanol–water partition coefficient (Wildman–Crippen LogP) is 5.46. The Bertz CT molecular complexity index is 1210. The number of nitrogens with zero attached hydrogens (tertiary/aromatic N) is 2. The number of amides is 2. The number of rotatable bonds is 8. The first-order chi connectivity index (χ1) is 16.5. The molecule has 4 N–H and O–H groups in total. The molecule has 184 valence electrons. The van der Waals surface area contributed by atoms with Crippen LogP contribution in [0.4, 0.5) is 15.8 Å². The van der Waals surface area contributed by atoms with Crippen molar-refractivity contribution >= 4 is 35.0 Å². The van der Waals surface area contributed by atoms with Crippen molar-refractivity contribution in [3.05, 3.63) is 77.2 Å². The first kappa shape index (κ1) is 26.0. The summed E-state index contributed by atoms with van der Waals surface area (Å²) in [6.07, 6.45) is 1.87. The highest BCUT2D eigenvalue weighted by Crippen LogP contribution is 2.31. The Labute approximate surface area is 209 Å². The molecule has 0 saturated heterocycles. The minimum Gasteiger partial charge on any atom is -0.401 e. The van der Waals surface area contributed by atoms with Crippen LogP contribution >= 0.6 is 11.8 Å². The number of benzene rings is 2. The second kappa shape index (κ2) is 11.2. The maximum absolute atomic E-state index is 13.5. The molecule has 9 heteroatoms. The third kappa shape index (κ3) is 7.45. The number of nitrogens with one attached hydrogen (secondary N) is 2. The van der Waals surface area contributed by atoms with E-state index in [2.05, 4.69) is 36.5 Å². The van der Waals surface area contributed by atoms with Gasteiger partial charge in [-0.25, -0.2) is 4.39 Å². The second-order valence-electron chi connectivity index (χ2n) is 9.10. The molecule has 0 unspecified atom stereocenters. The molecule has 3 aromatic rings. The summed E-state index contributed by atoms with van der Waals surface area (Å²) >= 11 is 1.47. The van der Waals surface area contributed by atoms with E-state index in [0.29, 0.717) is 22.8 Å². The molecule has 0 radical (unpaired) electrons. The lowest BCUT2D eigenvalue weighted by Crippen LogP contribution is -2.24. The molecule has 1 heterocycles. The van der Waals surface area contributed by atoms with E-state index in [1.807, 2.05) is 10.9 Å². The summed E-state index contributed by atoms with van der Waals surface area (Å²) in [6, 6.07) is 13.2. The zero-order chi connectivity index (χ0) is 25.6. The van der Waals surface area contributed by atoms with Gasteiger partial charge in [0.1, 0.15) is 5.82 Å². The van der Waals surface area contributed by atoms with Gasteiger partial charge in [-0.3, -0.25) is 14.3 Å². The minimum absolute atomic E-state index is 0.0481. The molecule has 0 bridgehead atoms. The number of carbonyl (C=O) groups excluding carboxylic acids is 2. The monoisotopic (exact) mass is 495 g/mol. The maximum Gasteiger partial charge on any atom is 0.230 e. The summed E-state index contributed by atoms with van der Waals surface area (Å²) in [5, 5.41) is 11.8. The van der Waals surface area contributed by atoms with Crippen molar-refractivity contribution in [2.75, 3.05) is 10.6 Å². The van der Waals surface area contributed by atoms with Crippen molar-refractivity contribution in [1.82, 2.24) is 9.78 Å². The van der Waals surface area contributed by atoms with Crippen molar-refractivity contribution in [3.8, 4) is 11.3 Å². The van der Waals surface area contributed by atoms with Crippen LogP contribution in [0, 0.1) is 5.82 Å². The van der Waals surface area contributed by atoms with Crippen molar-refractivity contribution in [2.45, 2.75) is 45.4 Å². The lowest BCUT2D eigenvalue weighted by molar-refractivity contribution is -0.116. The fraction of sp³-hybridized carbons (Fsp3) is 0.269. The average molecular weight is 496 g/mol. The summed E-state index contributed by atoms with van der Waals surface area (Å²) in [5.74, 6) is -0.0912. The Kier molecular flexibility index (Phi) is 8.34. The number of hydrogen-bond donors (Lipinski definition) is 3. The van der Waals surface area contributed by atoms with Gasteiger partial charge in [-0.2, -0.15) is 5.10 Å². The Hall–Kier alpha value is -3.59. The second-order valence-corrected chi connectivity index (χ2v) is 9.95. The van der Waals surface area contributed by atoms with Crippen LogP contribution in [-0.4, -0.2) is 21.6 Å². The molecule has 7 nitrogen and oxygen atoms in total. The van der Waals surface area contributed by atoms with E-state index in [1.165, 1.54) is 30.8 Å². The van der Waals surface area contributed by atoms with Crippen LogP contribution in [-0.2, 0) is 20.9 Å². The molecule has 0 fully saturated rings. The van der Waals surface area contributed by atoms with Crippen LogP contribution in [0.2, 0.25) is 0 Å². The van der Waals surface area contributed by atoms with E-state index in [9.17, 15) is 14.0 Å². The van der Waals surface area contributed by atoms with E-state index in [-0.39, 0.29) is 29.6 Å². The predicted molar refractivity (Wildman–Crippen MR) is 140 cm³/mol. The molecule has 2 aromatic carbocycles. The average Bonchev–Trinajstić information content (AvgIpc) is 3.19. The highest BCUT2D eigenvalue weighted by molar-refractivity contribution is 8.01. The maximum atomic E-state index is 13.5. The number of nitrogens with two attached hydrogens (primary N) is 1. The summed E-state index contributed by atoms with van der Waals surface area (Å²) in [5.41, 5.74) is 10.3. The van der Waals surface area contributed by atoms with Crippen molar-refractivity contribution in [3.63, 3.8) is 0 Å². The molecular weight excluding hydrogens is 465 g/mol. The Morgan fingerprint density at radius 3 is 2.23 bits per heavy atom. The largest absolute Gasteiger partial charge is 0.401 e. The third-order valence-corrected chi connectivity index (χ3v) is 5.87. The van der Waals surface area contributed by atoms with E-state index in [0.717, 1.165) is 16.8 Å². The molecule has 0 saturated carbocycles. The highest BCUT2D eigenvalue weighted by atomic mass is 32.2. The molecule has 0 aliphatic heterocycles. The summed E-state index contributed by atoms with van der Waals surface area (Å²) in [7, 11) is 0. The first-order valence-corrected chi connectivity index (χ1v) is 12.1. The molecular formula is C26H30FN5O2S. The summed E-state index contributed by atoms with van der Waals surface area (Å²) in [4.78, 5) is 23.4. The zero-order valence-electron chi connectivity index (χ0n) is 20.3. The van der Waals surface area contributed by atoms with Crippen molar-refractivity contribution < 1.29 is 14.0 Å². The van der Waals surface area contributed by atoms with E-state index in [4.69, 9.17) is 5.73 Å². The van der Waals surface area contributed by atoms with Crippen LogP contribution < -0.4 is 16.4 Å². The van der Waals surface area contributed by atoms with Gasteiger partial charge in [0, 0.05) is 40.9 Å². The van der Waals surface area contributed by atoms with Crippen LogP contribution in [0.1, 0.15) is 39.7 Å². The number of thioether (sulfide) groups is 1. The molecule has 0 atom stereocenters. The molecule has 2 amide bonds. The van der Waals surface area contributed by atoms with E-state index in [1.54, 1.807) is 41.8 Å².